The molecule has 2 aliphatic rings. The number of rotatable bonds is 9. The first-order valence-corrected chi connectivity index (χ1v) is 13.0. The van der Waals surface area contributed by atoms with Gasteiger partial charge in [-0.05, 0) is 69.5 Å². The maximum Gasteiger partial charge on any atom is 0.244 e. The average molecular weight is 469 g/mol. The third-order valence-corrected chi connectivity index (χ3v) is 8.15. The van der Waals surface area contributed by atoms with Gasteiger partial charge in [-0.1, -0.05) is 31.4 Å². The number of fused-ring (bicyclic) bond motifs is 1. The Morgan fingerprint density at radius 3 is 2.70 bits per heavy atom. The maximum absolute atomic E-state index is 13.2. The molecule has 1 atom stereocenters. The second-order valence-corrected chi connectivity index (χ2v) is 10.5. The molecule has 0 spiro atoms. The smallest absolute Gasteiger partial charge is 0.244 e. The largest absolute Gasteiger partial charge is 0.497 e. The van der Waals surface area contributed by atoms with Gasteiger partial charge in [0.2, 0.25) is 5.91 Å². The summed E-state index contributed by atoms with van der Waals surface area (Å²) in [7, 11) is 3.49. The lowest BCUT2D eigenvalue weighted by Gasteiger charge is -2.34. The van der Waals surface area contributed by atoms with Gasteiger partial charge in [-0.2, -0.15) is 0 Å². The van der Waals surface area contributed by atoms with Crippen LogP contribution in [-0.4, -0.2) is 38.8 Å². The summed E-state index contributed by atoms with van der Waals surface area (Å²) in [5.74, 6) is 1.56. The summed E-state index contributed by atoms with van der Waals surface area (Å²) in [5, 5.41) is 3.41. The first-order chi connectivity index (χ1) is 16.0. The van der Waals surface area contributed by atoms with Crippen LogP contribution in [0, 0.1) is 0 Å². The van der Waals surface area contributed by atoms with Crippen LogP contribution < -0.4 is 19.7 Å². The number of amides is 1. The lowest BCUT2D eigenvalue weighted by atomic mass is 9.83. The maximum atomic E-state index is 13.2. The molecule has 0 aromatic heterocycles. The van der Waals surface area contributed by atoms with Gasteiger partial charge in [-0.25, -0.2) is 0 Å². The minimum atomic E-state index is -0.358. The Labute approximate surface area is 202 Å². The van der Waals surface area contributed by atoms with E-state index in [2.05, 4.69) is 18.3 Å². The van der Waals surface area contributed by atoms with E-state index in [0.29, 0.717) is 12.1 Å². The number of nitrogens with zero attached hydrogens (tertiary/aromatic N) is 1. The van der Waals surface area contributed by atoms with E-state index in [1.807, 2.05) is 43.4 Å². The molecule has 0 saturated heterocycles. The minimum Gasteiger partial charge on any atom is -0.497 e. The number of nitrogens with one attached hydrogen (secondary N) is 1. The van der Waals surface area contributed by atoms with Gasteiger partial charge in [0.25, 0.3) is 0 Å². The highest BCUT2D eigenvalue weighted by atomic mass is 32.2. The van der Waals surface area contributed by atoms with E-state index >= 15 is 0 Å². The second-order valence-electron chi connectivity index (χ2n) is 9.37. The normalized spacial score (nSPS) is 19.8. The number of unbranched alkanes of at least 4 members (excludes halogenated alkanes) is 1. The Balaban J connectivity index is 1.39. The molecule has 1 N–H and O–H groups in total. The topological polar surface area (TPSA) is 50.8 Å². The Morgan fingerprint density at radius 2 is 1.91 bits per heavy atom. The molecule has 4 rings (SSSR count). The number of para-hydroxylation sites is 1. The van der Waals surface area contributed by atoms with Crippen LogP contribution in [0.2, 0.25) is 0 Å². The van der Waals surface area contributed by atoms with E-state index in [-0.39, 0.29) is 11.2 Å². The third-order valence-electron chi connectivity index (χ3n) is 6.86. The molecule has 0 bridgehead atoms. The van der Waals surface area contributed by atoms with Crippen molar-refractivity contribution in [1.82, 2.24) is 5.32 Å². The first kappa shape index (κ1) is 24.0. The lowest BCUT2D eigenvalue weighted by Crippen LogP contribution is -2.44. The molecule has 1 aliphatic carbocycles. The molecule has 1 saturated carbocycles. The van der Waals surface area contributed by atoms with E-state index in [0.717, 1.165) is 47.0 Å². The van der Waals surface area contributed by atoms with Gasteiger partial charge in [0.1, 0.15) is 16.7 Å². The van der Waals surface area contributed by atoms with Crippen molar-refractivity contribution in [2.24, 2.45) is 0 Å². The highest BCUT2D eigenvalue weighted by Crippen LogP contribution is 2.48. The molecule has 1 fully saturated rings. The fourth-order valence-electron chi connectivity index (χ4n) is 4.80. The van der Waals surface area contributed by atoms with Crippen LogP contribution in [0.3, 0.4) is 0 Å². The van der Waals surface area contributed by atoms with Crippen molar-refractivity contribution in [3.8, 4) is 11.5 Å². The van der Waals surface area contributed by atoms with Crippen molar-refractivity contribution in [2.45, 2.75) is 67.6 Å². The van der Waals surface area contributed by atoms with Crippen LogP contribution in [0.15, 0.2) is 47.4 Å². The van der Waals surface area contributed by atoms with Crippen molar-refractivity contribution in [2.75, 3.05) is 32.2 Å². The standard InChI is InChI=1S/C27H36N2O3S/c1-27(15-7-4-8-16-27)28-17-9-10-18-32-23-14-13-20(31-3)19-21(23)25-26(30)29(2)22-11-5-6-12-24(22)33-25/h5-6,11-14,19,25,28H,4,7-10,15-18H2,1-3H3. The molecule has 2 aromatic rings. The summed E-state index contributed by atoms with van der Waals surface area (Å²) in [4.78, 5) is 16.1. The van der Waals surface area contributed by atoms with Crippen LogP contribution in [0.1, 0.15) is 62.7 Å². The summed E-state index contributed by atoms with van der Waals surface area (Å²) in [6, 6.07) is 13.8. The third kappa shape index (κ3) is 5.67. The van der Waals surface area contributed by atoms with E-state index in [1.54, 1.807) is 23.8 Å². The fourth-order valence-corrected chi connectivity index (χ4v) is 6.11. The number of hydrogen-bond donors (Lipinski definition) is 1. The van der Waals surface area contributed by atoms with Gasteiger partial charge in [0.05, 0.1) is 19.4 Å². The first-order valence-electron chi connectivity index (χ1n) is 12.1. The molecule has 178 valence electrons. The summed E-state index contributed by atoms with van der Waals surface area (Å²) in [5.41, 5.74) is 2.13. The van der Waals surface area contributed by atoms with Crippen molar-refractivity contribution in [1.29, 1.82) is 0 Å². The highest BCUT2D eigenvalue weighted by Gasteiger charge is 2.34. The van der Waals surface area contributed by atoms with Gasteiger partial charge in [0, 0.05) is 23.0 Å². The number of anilines is 1. The van der Waals surface area contributed by atoms with E-state index in [4.69, 9.17) is 9.47 Å². The Kier molecular flexibility index (Phi) is 7.86. The summed E-state index contributed by atoms with van der Waals surface area (Å²) >= 11 is 1.58. The minimum absolute atomic E-state index is 0.0572. The van der Waals surface area contributed by atoms with Crippen LogP contribution in [0.25, 0.3) is 0 Å². The van der Waals surface area contributed by atoms with Crippen molar-refractivity contribution in [3.63, 3.8) is 0 Å². The average Bonchev–Trinajstić information content (AvgIpc) is 2.84. The second kappa shape index (κ2) is 10.8. The number of benzene rings is 2. The zero-order chi connectivity index (χ0) is 23.3. The lowest BCUT2D eigenvalue weighted by molar-refractivity contribution is -0.118. The molecular formula is C27H36N2O3S. The number of thioether (sulfide) groups is 1. The summed E-state index contributed by atoms with van der Waals surface area (Å²) in [6.07, 6.45) is 8.66. The Morgan fingerprint density at radius 1 is 1.12 bits per heavy atom. The van der Waals surface area contributed by atoms with Crippen molar-refractivity contribution in [3.05, 3.63) is 48.0 Å². The molecule has 6 heteroatoms. The highest BCUT2D eigenvalue weighted by molar-refractivity contribution is 8.00. The van der Waals surface area contributed by atoms with Crippen LogP contribution in [-0.2, 0) is 4.79 Å². The van der Waals surface area contributed by atoms with Crippen molar-refractivity contribution < 1.29 is 14.3 Å². The van der Waals surface area contributed by atoms with Gasteiger partial charge in [0.15, 0.2) is 0 Å². The molecule has 1 unspecified atom stereocenters. The van der Waals surface area contributed by atoms with Gasteiger partial charge in [-0.3, -0.25) is 4.79 Å². The van der Waals surface area contributed by atoms with E-state index < -0.39 is 0 Å². The molecule has 5 nitrogen and oxygen atoms in total. The van der Waals surface area contributed by atoms with Crippen LogP contribution >= 0.6 is 11.8 Å². The quantitative estimate of drug-likeness (QED) is 0.459. The van der Waals surface area contributed by atoms with Crippen LogP contribution in [0.4, 0.5) is 5.69 Å². The van der Waals surface area contributed by atoms with Crippen molar-refractivity contribution >= 4 is 23.4 Å². The number of carbonyl (C=O) groups is 1. The molecule has 0 radical (unpaired) electrons. The monoisotopic (exact) mass is 468 g/mol. The Hall–Kier alpha value is -2.18. The van der Waals surface area contributed by atoms with Gasteiger partial charge >= 0.3 is 0 Å². The predicted molar refractivity (Wildman–Crippen MR) is 136 cm³/mol. The number of methoxy groups -OCH3 is 1. The SMILES string of the molecule is COc1ccc(OCCCCNC2(C)CCCCC2)c(C2Sc3ccccc3N(C)C2=O)c1. The molecule has 1 amide bonds. The summed E-state index contributed by atoms with van der Waals surface area (Å²) < 4.78 is 11.7. The van der Waals surface area contributed by atoms with E-state index in [9.17, 15) is 4.79 Å². The molecule has 2 aromatic carbocycles. The Bertz CT molecular complexity index is 958. The molecular weight excluding hydrogens is 432 g/mol. The van der Waals surface area contributed by atoms with Gasteiger partial charge < -0.3 is 19.7 Å². The number of hydrogen-bond acceptors (Lipinski definition) is 5. The zero-order valence-electron chi connectivity index (χ0n) is 20.1. The summed E-state index contributed by atoms with van der Waals surface area (Å²) in [6.45, 7) is 4.02. The molecule has 33 heavy (non-hydrogen) atoms. The van der Waals surface area contributed by atoms with Gasteiger partial charge in [-0.15, -0.1) is 11.8 Å². The van der Waals surface area contributed by atoms with Crippen LogP contribution in [0.5, 0.6) is 11.5 Å². The fraction of sp³-hybridized carbons (Fsp3) is 0.519. The number of likely N-dealkylation sites (N-methyl/N-ethyl adjacent to an activating group) is 1. The predicted octanol–water partition coefficient (Wildman–Crippen LogP) is 5.98. The molecule has 1 heterocycles. The molecule has 1 aliphatic heterocycles. The zero-order valence-corrected chi connectivity index (χ0v) is 20.9. The number of carbonyl (C=O) groups excluding carboxylic acids is 1. The van der Waals surface area contributed by atoms with E-state index in [1.165, 1.54) is 32.1 Å². The number of ether oxygens (including phenoxy) is 2.